The predicted octanol–water partition coefficient (Wildman–Crippen LogP) is -0.579. The Morgan fingerprint density at radius 1 is 1.38 bits per heavy atom. The van der Waals surface area contributed by atoms with E-state index in [4.69, 9.17) is 4.74 Å². The van der Waals surface area contributed by atoms with Gasteiger partial charge in [0.25, 0.3) is 0 Å². The molecule has 0 saturated carbocycles. The summed E-state index contributed by atoms with van der Waals surface area (Å²) in [5.74, 6) is -0.0832. The van der Waals surface area contributed by atoms with E-state index in [1.165, 1.54) is 11.4 Å². The number of hydrogen-bond donors (Lipinski definition) is 1. The van der Waals surface area contributed by atoms with Gasteiger partial charge in [0, 0.05) is 33.2 Å². The predicted molar refractivity (Wildman–Crippen MR) is 61.6 cm³/mol. The van der Waals surface area contributed by atoms with Crippen LogP contribution in [-0.4, -0.2) is 58.2 Å². The van der Waals surface area contributed by atoms with Gasteiger partial charge < -0.3 is 10.1 Å². The summed E-state index contributed by atoms with van der Waals surface area (Å²) in [5, 5.41) is 2.63. The summed E-state index contributed by atoms with van der Waals surface area (Å²) in [7, 11) is -1.73. The fourth-order valence-corrected chi connectivity index (χ4v) is 1.91. The lowest BCUT2D eigenvalue weighted by atomic mass is 10.4. The van der Waals surface area contributed by atoms with Crippen molar-refractivity contribution >= 4 is 15.9 Å². The van der Waals surface area contributed by atoms with Crippen LogP contribution in [0.2, 0.25) is 0 Å². The standard InChI is InChI=1S/C9H20N2O4S/c1-4-9(12)10-5-6-11(7-8-15-2)16(3,13)14/h4-8H2,1-3H3,(H,10,12). The van der Waals surface area contributed by atoms with Crippen LogP contribution in [0.5, 0.6) is 0 Å². The van der Waals surface area contributed by atoms with Crippen LogP contribution in [0.1, 0.15) is 13.3 Å². The number of rotatable bonds is 8. The summed E-state index contributed by atoms with van der Waals surface area (Å²) >= 11 is 0. The highest BCUT2D eigenvalue weighted by Gasteiger charge is 2.15. The van der Waals surface area contributed by atoms with Crippen molar-refractivity contribution in [3.8, 4) is 0 Å². The molecule has 0 heterocycles. The molecule has 0 aliphatic carbocycles. The first kappa shape index (κ1) is 15.3. The monoisotopic (exact) mass is 252 g/mol. The number of methoxy groups -OCH3 is 1. The third-order valence-electron chi connectivity index (χ3n) is 2.02. The van der Waals surface area contributed by atoms with E-state index >= 15 is 0 Å². The molecule has 0 rings (SSSR count). The van der Waals surface area contributed by atoms with E-state index < -0.39 is 10.0 Å². The minimum atomic E-state index is -3.24. The first-order chi connectivity index (χ1) is 7.41. The summed E-state index contributed by atoms with van der Waals surface area (Å²) < 4.78 is 28.8. The molecule has 0 bridgehead atoms. The zero-order valence-electron chi connectivity index (χ0n) is 10.0. The van der Waals surface area contributed by atoms with Crippen molar-refractivity contribution in [3.05, 3.63) is 0 Å². The highest BCUT2D eigenvalue weighted by molar-refractivity contribution is 7.88. The zero-order chi connectivity index (χ0) is 12.6. The summed E-state index contributed by atoms with van der Waals surface area (Å²) in [6.07, 6.45) is 1.54. The van der Waals surface area contributed by atoms with Crippen LogP contribution in [0.25, 0.3) is 0 Å². The molecule has 0 aromatic rings. The van der Waals surface area contributed by atoms with E-state index in [1.54, 1.807) is 6.92 Å². The third kappa shape index (κ3) is 6.76. The number of ether oxygens (including phenoxy) is 1. The van der Waals surface area contributed by atoms with Crippen molar-refractivity contribution in [2.45, 2.75) is 13.3 Å². The second-order valence-electron chi connectivity index (χ2n) is 3.36. The highest BCUT2D eigenvalue weighted by atomic mass is 32.2. The van der Waals surface area contributed by atoms with Crippen LogP contribution < -0.4 is 5.32 Å². The van der Waals surface area contributed by atoms with Gasteiger partial charge in [0.05, 0.1) is 12.9 Å². The molecule has 0 atom stereocenters. The van der Waals surface area contributed by atoms with Crippen molar-refractivity contribution in [1.29, 1.82) is 0 Å². The number of carbonyl (C=O) groups is 1. The van der Waals surface area contributed by atoms with Gasteiger partial charge in [0.1, 0.15) is 0 Å². The average Bonchev–Trinajstić information content (AvgIpc) is 2.20. The first-order valence-electron chi connectivity index (χ1n) is 5.12. The van der Waals surface area contributed by atoms with Crippen LogP contribution in [0.3, 0.4) is 0 Å². The van der Waals surface area contributed by atoms with Crippen molar-refractivity contribution in [1.82, 2.24) is 9.62 Å². The largest absolute Gasteiger partial charge is 0.383 e. The first-order valence-corrected chi connectivity index (χ1v) is 6.97. The van der Waals surface area contributed by atoms with Crippen molar-refractivity contribution in [2.75, 3.05) is 39.6 Å². The molecule has 1 N–H and O–H groups in total. The van der Waals surface area contributed by atoms with Gasteiger partial charge in [-0.05, 0) is 0 Å². The molecule has 0 radical (unpaired) electrons. The Balaban J connectivity index is 4.08. The molecule has 0 spiro atoms. The van der Waals surface area contributed by atoms with E-state index in [-0.39, 0.29) is 12.5 Å². The van der Waals surface area contributed by atoms with Gasteiger partial charge in [0.15, 0.2) is 0 Å². The smallest absolute Gasteiger partial charge is 0.219 e. The molecule has 1 amide bonds. The fourth-order valence-electron chi connectivity index (χ4n) is 1.08. The second-order valence-corrected chi connectivity index (χ2v) is 5.34. The maximum atomic E-state index is 11.3. The van der Waals surface area contributed by atoms with Crippen LogP contribution >= 0.6 is 0 Å². The Morgan fingerprint density at radius 3 is 2.44 bits per heavy atom. The lowest BCUT2D eigenvalue weighted by Crippen LogP contribution is -2.39. The molecular weight excluding hydrogens is 232 g/mol. The second kappa shape index (κ2) is 7.59. The lowest BCUT2D eigenvalue weighted by Gasteiger charge is -2.19. The van der Waals surface area contributed by atoms with Crippen molar-refractivity contribution < 1.29 is 17.9 Å². The molecule has 0 saturated heterocycles. The molecule has 0 aliphatic rings. The van der Waals surface area contributed by atoms with Crippen molar-refractivity contribution in [3.63, 3.8) is 0 Å². The molecule has 0 aromatic carbocycles. The average molecular weight is 252 g/mol. The number of sulfonamides is 1. The number of nitrogens with one attached hydrogen (secondary N) is 1. The summed E-state index contributed by atoms with van der Waals surface area (Å²) in [6.45, 7) is 2.98. The fraction of sp³-hybridized carbons (Fsp3) is 0.889. The van der Waals surface area contributed by atoms with E-state index in [0.29, 0.717) is 26.1 Å². The number of hydrogen-bond acceptors (Lipinski definition) is 4. The Labute approximate surface area is 97.0 Å². The Hall–Kier alpha value is -0.660. The molecule has 0 unspecified atom stereocenters. The summed E-state index contributed by atoms with van der Waals surface area (Å²) in [5.41, 5.74) is 0. The van der Waals surface area contributed by atoms with Crippen LogP contribution in [0.15, 0.2) is 0 Å². The number of amides is 1. The van der Waals surface area contributed by atoms with Crippen LogP contribution in [0, 0.1) is 0 Å². The van der Waals surface area contributed by atoms with E-state index in [9.17, 15) is 13.2 Å². The van der Waals surface area contributed by atoms with Gasteiger partial charge in [-0.1, -0.05) is 6.92 Å². The van der Waals surface area contributed by atoms with Gasteiger partial charge in [-0.15, -0.1) is 0 Å². The van der Waals surface area contributed by atoms with Gasteiger partial charge in [-0.3, -0.25) is 4.79 Å². The lowest BCUT2D eigenvalue weighted by molar-refractivity contribution is -0.120. The SMILES string of the molecule is CCC(=O)NCCN(CCOC)S(C)(=O)=O. The Bertz CT molecular complexity index is 303. The molecular formula is C9H20N2O4S. The number of nitrogens with zero attached hydrogens (tertiary/aromatic N) is 1. The summed E-state index contributed by atoms with van der Waals surface area (Å²) in [4.78, 5) is 11.0. The normalized spacial score (nSPS) is 11.8. The van der Waals surface area contributed by atoms with Crippen LogP contribution in [-0.2, 0) is 19.6 Å². The zero-order valence-corrected chi connectivity index (χ0v) is 10.8. The molecule has 0 aromatic heterocycles. The molecule has 96 valence electrons. The molecule has 16 heavy (non-hydrogen) atoms. The molecule has 7 heteroatoms. The minimum Gasteiger partial charge on any atom is -0.383 e. The van der Waals surface area contributed by atoms with E-state index in [0.717, 1.165) is 6.26 Å². The molecule has 0 aliphatic heterocycles. The third-order valence-corrected chi connectivity index (χ3v) is 3.32. The van der Waals surface area contributed by atoms with Gasteiger partial charge in [-0.2, -0.15) is 4.31 Å². The van der Waals surface area contributed by atoms with Crippen molar-refractivity contribution in [2.24, 2.45) is 0 Å². The van der Waals surface area contributed by atoms with E-state index in [1.807, 2.05) is 0 Å². The quantitative estimate of drug-likeness (QED) is 0.627. The van der Waals surface area contributed by atoms with Crippen LogP contribution in [0.4, 0.5) is 0 Å². The maximum absolute atomic E-state index is 11.3. The molecule has 0 fully saturated rings. The van der Waals surface area contributed by atoms with E-state index in [2.05, 4.69) is 5.32 Å². The van der Waals surface area contributed by atoms with Gasteiger partial charge in [-0.25, -0.2) is 8.42 Å². The Kier molecular flexibility index (Phi) is 7.27. The van der Waals surface area contributed by atoms with Gasteiger partial charge in [0.2, 0.25) is 15.9 Å². The highest BCUT2D eigenvalue weighted by Crippen LogP contribution is 1.96. The number of carbonyl (C=O) groups excluding carboxylic acids is 1. The van der Waals surface area contributed by atoms with Gasteiger partial charge >= 0.3 is 0 Å². The minimum absolute atomic E-state index is 0.0832. The molecule has 6 nitrogen and oxygen atoms in total. The Morgan fingerprint density at radius 2 is 2.00 bits per heavy atom. The maximum Gasteiger partial charge on any atom is 0.219 e. The topological polar surface area (TPSA) is 75.7 Å². The summed E-state index contributed by atoms with van der Waals surface area (Å²) in [6, 6.07) is 0.